The lowest BCUT2D eigenvalue weighted by Crippen LogP contribution is -2.23. The number of aromatic nitrogens is 2. The summed E-state index contributed by atoms with van der Waals surface area (Å²) < 4.78 is 29.1. The number of carbonyl (C=O) groups is 1. The van der Waals surface area contributed by atoms with Crippen molar-refractivity contribution in [3.05, 3.63) is 82.8 Å². The SMILES string of the molecule is CC(=O)c1nn(-c2ccccc2)c(=O)c2sc(NS(=O)(=O)c3ccccc3)cc12. The fraction of sp³-hybridized carbons (Fsp3) is 0.0500. The van der Waals surface area contributed by atoms with Gasteiger partial charge in [0.1, 0.15) is 15.4 Å². The van der Waals surface area contributed by atoms with Crippen LogP contribution in [0.25, 0.3) is 15.8 Å². The number of nitrogens with one attached hydrogen (secondary N) is 1. The number of Topliss-reactive ketones (excluding diaryl/α,β-unsaturated/α-hetero) is 1. The van der Waals surface area contributed by atoms with E-state index < -0.39 is 15.6 Å². The third kappa shape index (κ3) is 3.57. The quantitative estimate of drug-likeness (QED) is 0.494. The number of anilines is 1. The van der Waals surface area contributed by atoms with E-state index in [-0.39, 0.29) is 26.1 Å². The van der Waals surface area contributed by atoms with Gasteiger partial charge in [-0.15, -0.1) is 11.3 Å². The summed E-state index contributed by atoms with van der Waals surface area (Å²) in [5.74, 6) is -0.324. The first-order chi connectivity index (χ1) is 13.9. The Morgan fingerprint density at radius 3 is 2.28 bits per heavy atom. The van der Waals surface area contributed by atoms with E-state index >= 15 is 0 Å². The van der Waals surface area contributed by atoms with Gasteiger partial charge in [-0.2, -0.15) is 9.78 Å². The summed E-state index contributed by atoms with van der Waals surface area (Å²) in [6.45, 7) is 1.35. The number of nitrogens with zero attached hydrogens (tertiary/aromatic N) is 2. The van der Waals surface area contributed by atoms with Crippen LogP contribution in [0.4, 0.5) is 5.00 Å². The first-order valence-electron chi connectivity index (χ1n) is 8.58. The van der Waals surface area contributed by atoms with Crippen LogP contribution in [0.1, 0.15) is 17.4 Å². The first kappa shape index (κ1) is 19.0. The fourth-order valence-corrected chi connectivity index (χ4v) is 5.16. The molecule has 0 saturated heterocycles. The van der Waals surface area contributed by atoms with Gasteiger partial charge >= 0.3 is 0 Å². The molecule has 2 aromatic carbocycles. The van der Waals surface area contributed by atoms with E-state index in [0.29, 0.717) is 11.1 Å². The number of para-hydroxylation sites is 1. The zero-order chi connectivity index (χ0) is 20.6. The molecule has 0 unspecified atom stereocenters. The molecule has 0 aliphatic carbocycles. The van der Waals surface area contributed by atoms with E-state index in [4.69, 9.17) is 0 Å². The maximum Gasteiger partial charge on any atom is 0.289 e. The van der Waals surface area contributed by atoms with E-state index in [1.807, 2.05) is 0 Å². The van der Waals surface area contributed by atoms with Crippen molar-refractivity contribution in [2.75, 3.05) is 4.72 Å². The molecule has 7 nitrogen and oxygen atoms in total. The summed E-state index contributed by atoms with van der Waals surface area (Å²) >= 11 is 0.970. The van der Waals surface area contributed by atoms with Crippen LogP contribution in [0, 0.1) is 0 Å². The Labute approximate surface area is 170 Å². The number of ketones is 1. The van der Waals surface area contributed by atoms with E-state index in [1.165, 1.54) is 25.1 Å². The van der Waals surface area contributed by atoms with Gasteiger partial charge in [-0.25, -0.2) is 8.42 Å². The molecule has 9 heteroatoms. The average Bonchev–Trinajstić information content (AvgIpc) is 3.13. The van der Waals surface area contributed by atoms with Crippen molar-refractivity contribution in [1.29, 1.82) is 0 Å². The number of sulfonamides is 1. The number of hydrogen-bond acceptors (Lipinski definition) is 6. The van der Waals surface area contributed by atoms with E-state index in [9.17, 15) is 18.0 Å². The minimum Gasteiger partial charge on any atom is -0.293 e. The molecule has 2 aromatic heterocycles. The molecule has 0 amide bonds. The molecule has 0 aliphatic heterocycles. The summed E-state index contributed by atoms with van der Waals surface area (Å²) in [7, 11) is -3.82. The van der Waals surface area contributed by atoms with Crippen LogP contribution in [0.2, 0.25) is 0 Å². The van der Waals surface area contributed by atoms with Gasteiger partial charge in [0.2, 0.25) is 0 Å². The zero-order valence-electron chi connectivity index (χ0n) is 15.2. The molecule has 1 N–H and O–H groups in total. The van der Waals surface area contributed by atoms with E-state index in [2.05, 4.69) is 9.82 Å². The second-order valence-corrected chi connectivity index (χ2v) is 8.96. The molecule has 0 saturated carbocycles. The van der Waals surface area contributed by atoms with Crippen LogP contribution < -0.4 is 10.3 Å². The number of rotatable bonds is 5. The monoisotopic (exact) mass is 425 g/mol. The van der Waals surface area contributed by atoms with Crippen molar-refractivity contribution in [2.45, 2.75) is 11.8 Å². The Morgan fingerprint density at radius 2 is 1.66 bits per heavy atom. The third-order valence-corrected chi connectivity index (χ3v) is 6.75. The summed E-state index contributed by atoms with van der Waals surface area (Å²) in [4.78, 5) is 25.2. The summed E-state index contributed by atoms with van der Waals surface area (Å²) in [6, 6.07) is 18.1. The van der Waals surface area contributed by atoms with Gasteiger partial charge in [-0.1, -0.05) is 36.4 Å². The van der Waals surface area contributed by atoms with Crippen molar-refractivity contribution in [3.8, 4) is 5.69 Å². The summed E-state index contributed by atoms with van der Waals surface area (Å²) in [6.07, 6.45) is 0. The van der Waals surface area contributed by atoms with Gasteiger partial charge in [0, 0.05) is 12.3 Å². The lowest BCUT2D eigenvalue weighted by atomic mass is 10.2. The molecule has 0 aliphatic rings. The Bertz CT molecular complexity index is 1380. The molecular formula is C20H15N3O4S2. The number of fused-ring (bicyclic) bond motifs is 1. The molecule has 146 valence electrons. The molecule has 0 radical (unpaired) electrons. The maximum absolute atomic E-state index is 13.0. The molecule has 0 bridgehead atoms. The standard InChI is InChI=1S/C20H15N3O4S2/c1-13(24)18-16-12-17(22-29(26,27)15-10-6-3-7-11-15)28-19(16)20(25)23(21-18)14-8-4-2-5-9-14/h2-12,22H,1H3. The van der Waals surface area contributed by atoms with Crippen molar-refractivity contribution in [2.24, 2.45) is 0 Å². The van der Waals surface area contributed by atoms with Crippen LogP contribution >= 0.6 is 11.3 Å². The highest BCUT2D eigenvalue weighted by atomic mass is 32.2. The molecule has 2 heterocycles. The minimum atomic E-state index is -3.82. The second-order valence-electron chi connectivity index (χ2n) is 6.23. The minimum absolute atomic E-state index is 0.101. The Morgan fingerprint density at radius 1 is 1.03 bits per heavy atom. The molecule has 4 rings (SSSR count). The topological polar surface area (TPSA) is 98.1 Å². The van der Waals surface area contributed by atoms with Crippen LogP contribution in [-0.4, -0.2) is 24.0 Å². The molecule has 4 aromatic rings. The van der Waals surface area contributed by atoms with Crippen LogP contribution in [0.3, 0.4) is 0 Å². The lowest BCUT2D eigenvalue weighted by molar-refractivity contribution is 0.101. The molecule has 0 fully saturated rings. The highest BCUT2D eigenvalue weighted by molar-refractivity contribution is 7.93. The van der Waals surface area contributed by atoms with Gasteiger partial charge in [-0.3, -0.25) is 14.3 Å². The smallest absolute Gasteiger partial charge is 0.289 e. The Kier molecular flexibility index (Phi) is 4.77. The van der Waals surface area contributed by atoms with Gasteiger partial charge in [-0.05, 0) is 30.3 Å². The predicted octanol–water partition coefficient (Wildman–Crippen LogP) is 3.45. The molecule has 0 atom stereocenters. The van der Waals surface area contributed by atoms with E-state index in [1.54, 1.807) is 48.5 Å². The highest BCUT2D eigenvalue weighted by Gasteiger charge is 2.21. The van der Waals surface area contributed by atoms with Crippen molar-refractivity contribution in [3.63, 3.8) is 0 Å². The predicted molar refractivity (Wildman–Crippen MR) is 112 cm³/mol. The fourth-order valence-electron chi connectivity index (χ4n) is 2.87. The van der Waals surface area contributed by atoms with Crippen LogP contribution in [-0.2, 0) is 10.0 Å². The van der Waals surface area contributed by atoms with Crippen LogP contribution in [0.5, 0.6) is 0 Å². The van der Waals surface area contributed by atoms with Crippen molar-refractivity contribution < 1.29 is 13.2 Å². The molecule has 0 spiro atoms. The van der Waals surface area contributed by atoms with Gasteiger partial charge in [0.05, 0.1) is 10.6 Å². The molecule has 29 heavy (non-hydrogen) atoms. The highest BCUT2D eigenvalue weighted by Crippen LogP contribution is 2.31. The molecular weight excluding hydrogens is 410 g/mol. The average molecular weight is 425 g/mol. The first-order valence-corrected chi connectivity index (χ1v) is 10.9. The summed E-state index contributed by atoms with van der Waals surface area (Å²) in [5.41, 5.74) is 0.193. The number of carbonyl (C=O) groups excluding carboxylic acids is 1. The van der Waals surface area contributed by atoms with Crippen molar-refractivity contribution in [1.82, 2.24) is 9.78 Å². The normalized spacial score (nSPS) is 11.5. The zero-order valence-corrected chi connectivity index (χ0v) is 16.8. The van der Waals surface area contributed by atoms with E-state index in [0.717, 1.165) is 16.0 Å². The summed E-state index contributed by atoms with van der Waals surface area (Å²) in [5, 5.41) is 4.78. The number of thiophene rings is 1. The van der Waals surface area contributed by atoms with Gasteiger partial charge in [0.15, 0.2) is 5.78 Å². The second kappa shape index (κ2) is 7.26. The lowest BCUT2D eigenvalue weighted by Gasteiger charge is -2.06. The maximum atomic E-state index is 13.0. The van der Waals surface area contributed by atoms with Crippen LogP contribution in [0.15, 0.2) is 76.4 Å². The largest absolute Gasteiger partial charge is 0.293 e. The number of hydrogen-bond donors (Lipinski definition) is 1. The number of benzene rings is 2. The Hall–Kier alpha value is -3.30. The Balaban J connectivity index is 1.87. The van der Waals surface area contributed by atoms with Crippen molar-refractivity contribution >= 4 is 42.2 Å². The third-order valence-electron chi connectivity index (χ3n) is 4.20. The van der Waals surface area contributed by atoms with Gasteiger partial charge in [0.25, 0.3) is 15.6 Å². The van der Waals surface area contributed by atoms with Gasteiger partial charge < -0.3 is 0 Å².